The van der Waals surface area contributed by atoms with Crippen molar-refractivity contribution in [3.8, 4) is 5.88 Å². The minimum Gasteiger partial charge on any atom is -0.493 e. The molecule has 0 spiro atoms. The minimum atomic E-state index is -0.138. The second kappa shape index (κ2) is 12.4. The summed E-state index contributed by atoms with van der Waals surface area (Å²) >= 11 is 0. The molecule has 0 aromatic carbocycles. The standard InChI is InChI=1S/C23H44N2O4/c1-6-24-18-20(27)25(21(24)28)19-23(4,5)13-8-10-17-29-16-9-7-12-22(2,3)14-11-15-26/h18,26-27H,6-17,19H2,1-5H3. The first-order valence-corrected chi connectivity index (χ1v) is 11.3. The fourth-order valence-electron chi connectivity index (χ4n) is 3.80. The minimum absolute atomic E-state index is 0.0489. The first-order chi connectivity index (χ1) is 13.6. The number of aromatic hydroxyl groups is 1. The van der Waals surface area contributed by atoms with Gasteiger partial charge in [-0.2, -0.15) is 0 Å². The molecule has 0 saturated carbocycles. The van der Waals surface area contributed by atoms with Gasteiger partial charge in [0, 0.05) is 32.9 Å². The van der Waals surface area contributed by atoms with Gasteiger partial charge in [0.25, 0.3) is 0 Å². The van der Waals surface area contributed by atoms with E-state index in [1.165, 1.54) is 28.2 Å². The maximum atomic E-state index is 12.2. The highest BCUT2D eigenvalue weighted by molar-refractivity contribution is 5.05. The molecule has 0 aliphatic heterocycles. The van der Waals surface area contributed by atoms with Crippen LogP contribution in [-0.4, -0.2) is 39.2 Å². The van der Waals surface area contributed by atoms with E-state index in [1.807, 2.05) is 6.92 Å². The molecule has 1 aromatic rings. The highest BCUT2D eigenvalue weighted by Crippen LogP contribution is 2.29. The molecule has 1 rings (SSSR count). The Bertz CT molecular complexity index is 631. The number of imidazole rings is 1. The van der Waals surface area contributed by atoms with E-state index in [2.05, 4.69) is 27.7 Å². The van der Waals surface area contributed by atoms with E-state index in [0.29, 0.717) is 18.5 Å². The van der Waals surface area contributed by atoms with Gasteiger partial charge in [-0.1, -0.05) is 40.5 Å². The zero-order valence-electron chi connectivity index (χ0n) is 19.4. The Labute approximate surface area is 176 Å². The summed E-state index contributed by atoms with van der Waals surface area (Å²) in [6.07, 6.45) is 9.96. The molecule has 0 aliphatic carbocycles. The Kier molecular flexibility index (Phi) is 11.0. The molecule has 0 fully saturated rings. The summed E-state index contributed by atoms with van der Waals surface area (Å²) < 4.78 is 8.79. The lowest BCUT2D eigenvalue weighted by Crippen LogP contribution is -2.29. The third-order valence-electron chi connectivity index (χ3n) is 5.75. The van der Waals surface area contributed by atoms with Crippen molar-refractivity contribution in [1.29, 1.82) is 0 Å². The van der Waals surface area contributed by atoms with Crippen molar-refractivity contribution in [3.63, 3.8) is 0 Å². The van der Waals surface area contributed by atoms with Gasteiger partial charge in [0.15, 0.2) is 0 Å². The normalized spacial score (nSPS) is 12.6. The molecule has 0 saturated heterocycles. The number of unbranched alkanes of at least 4 members (excludes halogenated alkanes) is 2. The van der Waals surface area contributed by atoms with Crippen LogP contribution in [0.5, 0.6) is 5.88 Å². The molecule has 1 aromatic heterocycles. The molecule has 1 heterocycles. The van der Waals surface area contributed by atoms with Gasteiger partial charge in [-0.25, -0.2) is 4.79 Å². The van der Waals surface area contributed by atoms with Crippen molar-refractivity contribution in [2.24, 2.45) is 10.8 Å². The summed E-state index contributed by atoms with van der Waals surface area (Å²) in [5, 5.41) is 19.0. The van der Waals surface area contributed by atoms with Crippen LogP contribution in [0.25, 0.3) is 0 Å². The lowest BCUT2D eigenvalue weighted by atomic mass is 9.83. The lowest BCUT2D eigenvalue weighted by molar-refractivity contribution is 0.118. The molecule has 0 bridgehead atoms. The molecule has 6 heteroatoms. The maximum absolute atomic E-state index is 12.2. The fourth-order valence-corrected chi connectivity index (χ4v) is 3.80. The van der Waals surface area contributed by atoms with E-state index in [1.54, 1.807) is 0 Å². The molecule has 6 nitrogen and oxygen atoms in total. The van der Waals surface area contributed by atoms with Gasteiger partial charge in [-0.15, -0.1) is 0 Å². The molecule has 29 heavy (non-hydrogen) atoms. The summed E-state index contributed by atoms with van der Waals surface area (Å²) in [5.41, 5.74) is 0.116. The summed E-state index contributed by atoms with van der Waals surface area (Å²) in [6.45, 7) is 13.7. The molecular weight excluding hydrogens is 368 g/mol. The second-order valence-electron chi connectivity index (χ2n) is 9.82. The summed E-state index contributed by atoms with van der Waals surface area (Å²) in [5.74, 6) is 0.0489. The SMILES string of the molecule is CCn1cc(O)n(CC(C)(C)CCCCOCCCCC(C)(C)CCCO)c1=O. The number of aliphatic hydroxyl groups is 1. The van der Waals surface area contributed by atoms with Crippen LogP contribution in [0.1, 0.15) is 86.0 Å². The molecule has 0 unspecified atom stereocenters. The highest BCUT2D eigenvalue weighted by atomic mass is 16.5. The fraction of sp³-hybridized carbons (Fsp3) is 0.870. The highest BCUT2D eigenvalue weighted by Gasteiger charge is 2.22. The van der Waals surface area contributed by atoms with Crippen molar-refractivity contribution in [3.05, 3.63) is 16.7 Å². The maximum Gasteiger partial charge on any atom is 0.331 e. The zero-order valence-corrected chi connectivity index (χ0v) is 19.4. The molecule has 2 N–H and O–H groups in total. The van der Waals surface area contributed by atoms with E-state index in [9.17, 15) is 9.90 Å². The van der Waals surface area contributed by atoms with Crippen molar-refractivity contribution in [1.82, 2.24) is 9.13 Å². The second-order valence-corrected chi connectivity index (χ2v) is 9.82. The van der Waals surface area contributed by atoms with Gasteiger partial charge in [0.1, 0.15) is 0 Å². The van der Waals surface area contributed by atoms with Crippen molar-refractivity contribution in [2.75, 3.05) is 19.8 Å². The molecular formula is C23H44N2O4. The Morgan fingerprint density at radius 1 is 0.931 bits per heavy atom. The average Bonchev–Trinajstić information content (AvgIpc) is 2.92. The van der Waals surface area contributed by atoms with Gasteiger partial charge in [-0.3, -0.25) is 9.13 Å². The van der Waals surface area contributed by atoms with Gasteiger partial charge in [0.05, 0.1) is 6.20 Å². The largest absolute Gasteiger partial charge is 0.493 e. The first kappa shape index (κ1) is 25.8. The monoisotopic (exact) mass is 412 g/mol. The lowest BCUT2D eigenvalue weighted by Gasteiger charge is -2.25. The third-order valence-corrected chi connectivity index (χ3v) is 5.75. The van der Waals surface area contributed by atoms with Gasteiger partial charge < -0.3 is 14.9 Å². The average molecular weight is 413 g/mol. The molecule has 0 radical (unpaired) electrons. The zero-order chi connectivity index (χ0) is 21.9. The van der Waals surface area contributed by atoms with Crippen LogP contribution in [0.15, 0.2) is 11.0 Å². The van der Waals surface area contributed by atoms with Gasteiger partial charge in [0.2, 0.25) is 5.88 Å². The van der Waals surface area contributed by atoms with E-state index < -0.39 is 0 Å². The number of hydrogen-bond acceptors (Lipinski definition) is 4. The van der Waals surface area contributed by atoms with E-state index >= 15 is 0 Å². The quantitative estimate of drug-likeness (QED) is 0.390. The molecule has 0 amide bonds. The Balaban J connectivity index is 2.17. The summed E-state index contributed by atoms with van der Waals surface area (Å²) in [7, 11) is 0. The predicted molar refractivity (Wildman–Crippen MR) is 118 cm³/mol. The van der Waals surface area contributed by atoms with Crippen LogP contribution in [0.3, 0.4) is 0 Å². The number of hydrogen-bond donors (Lipinski definition) is 2. The Morgan fingerprint density at radius 3 is 2.00 bits per heavy atom. The number of aryl methyl sites for hydroxylation is 1. The van der Waals surface area contributed by atoms with E-state index in [0.717, 1.165) is 51.7 Å². The molecule has 170 valence electrons. The number of ether oxygens (including phenoxy) is 1. The number of rotatable bonds is 16. The number of aliphatic hydroxyl groups excluding tert-OH is 1. The van der Waals surface area contributed by atoms with E-state index in [4.69, 9.17) is 9.84 Å². The number of nitrogens with zero attached hydrogens (tertiary/aromatic N) is 2. The van der Waals surface area contributed by atoms with Crippen LogP contribution in [0.4, 0.5) is 0 Å². The van der Waals surface area contributed by atoms with Crippen LogP contribution in [0, 0.1) is 10.8 Å². The smallest absolute Gasteiger partial charge is 0.331 e. The third kappa shape index (κ3) is 9.85. The van der Waals surface area contributed by atoms with Gasteiger partial charge in [-0.05, 0) is 56.3 Å². The Hall–Kier alpha value is -1.27. The number of aromatic nitrogens is 2. The molecule has 0 atom stereocenters. The van der Waals surface area contributed by atoms with Crippen molar-refractivity contribution in [2.45, 2.75) is 99.1 Å². The first-order valence-electron chi connectivity index (χ1n) is 11.3. The summed E-state index contributed by atoms with van der Waals surface area (Å²) in [4.78, 5) is 12.2. The van der Waals surface area contributed by atoms with E-state index in [-0.39, 0.29) is 23.6 Å². The van der Waals surface area contributed by atoms with Gasteiger partial charge >= 0.3 is 5.69 Å². The topological polar surface area (TPSA) is 76.6 Å². The molecule has 0 aliphatic rings. The van der Waals surface area contributed by atoms with Crippen molar-refractivity contribution < 1.29 is 14.9 Å². The Morgan fingerprint density at radius 2 is 1.48 bits per heavy atom. The van der Waals surface area contributed by atoms with Crippen molar-refractivity contribution >= 4 is 0 Å². The van der Waals surface area contributed by atoms with Crippen LogP contribution in [0.2, 0.25) is 0 Å². The summed E-state index contributed by atoms with van der Waals surface area (Å²) in [6, 6.07) is 0. The van der Waals surface area contributed by atoms with Crippen LogP contribution < -0.4 is 5.69 Å². The predicted octanol–water partition coefficient (Wildman–Crippen LogP) is 4.56. The van der Waals surface area contributed by atoms with Crippen LogP contribution >= 0.6 is 0 Å². The van der Waals surface area contributed by atoms with Crippen LogP contribution in [-0.2, 0) is 17.8 Å².